The second-order valence-electron chi connectivity index (χ2n) is 6.01. The van der Waals surface area contributed by atoms with E-state index in [0.717, 1.165) is 0 Å². The standard InChI is InChI=1S/C14H32P.C4H11O3P/c1-5-9-12-15(8-4,13-10-6-2)14-11-7-3;1-3-6-8(5)7-4-2/h5-14H2,1-4H3;8H,3-4H2,1-2H3/q+1;. The highest BCUT2D eigenvalue weighted by atomic mass is 31.2. The van der Waals surface area contributed by atoms with Gasteiger partial charge in [0.15, 0.2) is 0 Å². The summed E-state index contributed by atoms with van der Waals surface area (Å²) in [7, 11) is -2.67. The molecule has 0 aromatic heterocycles. The summed E-state index contributed by atoms with van der Waals surface area (Å²) >= 11 is 0. The summed E-state index contributed by atoms with van der Waals surface area (Å²) in [6.45, 7) is 13.9. The van der Waals surface area contributed by atoms with Gasteiger partial charge >= 0.3 is 8.25 Å². The minimum atomic E-state index is -2.14. The van der Waals surface area contributed by atoms with Crippen molar-refractivity contribution in [2.45, 2.75) is 80.1 Å². The van der Waals surface area contributed by atoms with Crippen molar-refractivity contribution in [3.63, 3.8) is 0 Å². The van der Waals surface area contributed by atoms with Crippen molar-refractivity contribution < 1.29 is 13.6 Å². The van der Waals surface area contributed by atoms with Crippen LogP contribution in [0.4, 0.5) is 0 Å². The number of unbranched alkanes of at least 4 members (excludes halogenated alkanes) is 3. The number of hydrogen-bond acceptors (Lipinski definition) is 3. The fourth-order valence-corrected chi connectivity index (χ4v) is 7.70. The molecule has 23 heavy (non-hydrogen) atoms. The SMILES string of the molecule is CCCC[P+](CC)(CCCC)CCCC.CCO[PH](=O)OCC. The van der Waals surface area contributed by atoms with Crippen molar-refractivity contribution in [1.29, 1.82) is 0 Å². The van der Waals surface area contributed by atoms with Crippen LogP contribution in [0.5, 0.6) is 0 Å². The zero-order valence-electron chi connectivity index (χ0n) is 16.7. The molecule has 0 aliphatic rings. The third kappa shape index (κ3) is 15.8. The van der Waals surface area contributed by atoms with Crippen LogP contribution >= 0.6 is 15.5 Å². The van der Waals surface area contributed by atoms with E-state index in [1.54, 1.807) is 32.3 Å². The van der Waals surface area contributed by atoms with Gasteiger partial charge in [0.25, 0.3) is 0 Å². The summed E-state index contributed by atoms with van der Waals surface area (Å²) in [4.78, 5) is 0. The molecule has 0 radical (unpaired) electrons. The van der Waals surface area contributed by atoms with Crippen molar-refractivity contribution in [3.8, 4) is 0 Å². The van der Waals surface area contributed by atoms with Gasteiger partial charge in [0.2, 0.25) is 0 Å². The summed E-state index contributed by atoms with van der Waals surface area (Å²) in [6.07, 6.45) is 14.9. The Hall–Kier alpha value is 0.580. The molecule has 5 heteroatoms. The summed E-state index contributed by atoms with van der Waals surface area (Å²) in [6, 6.07) is 0. The van der Waals surface area contributed by atoms with Crippen molar-refractivity contribution in [1.82, 2.24) is 0 Å². The van der Waals surface area contributed by atoms with E-state index in [9.17, 15) is 4.57 Å². The predicted octanol–water partition coefficient (Wildman–Crippen LogP) is 6.87. The number of rotatable bonds is 14. The summed E-state index contributed by atoms with van der Waals surface area (Å²) in [5.41, 5.74) is 0. The quantitative estimate of drug-likeness (QED) is 0.313. The van der Waals surface area contributed by atoms with Crippen LogP contribution in [0.2, 0.25) is 0 Å². The first-order valence-corrected chi connectivity index (χ1v) is 13.5. The van der Waals surface area contributed by atoms with Crippen molar-refractivity contribution >= 4 is 15.5 Å². The molecule has 0 heterocycles. The highest BCUT2D eigenvalue weighted by Crippen LogP contribution is 2.60. The van der Waals surface area contributed by atoms with Crippen LogP contribution in [0.3, 0.4) is 0 Å². The van der Waals surface area contributed by atoms with Crippen molar-refractivity contribution in [3.05, 3.63) is 0 Å². The maximum atomic E-state index is 10.4. The minimum absolute atomic E-state index is 0.456. The van der Waals surface area contributed by atoms with Crippen molar-refractivity contribution in [2.24, 2.45) is 0 Å². The maximum Gasteiger partial charge on any atom is 0.319 e. The molecule has 0 N–H and O–H groups in total. The maximum absolute atomic E-state index is 10.4. The first-order chi connectivity index (χ1) is 11.1. The molecular weight excluding hydrogens is 326 g/mol. The van der Waals surface area contributed by atoms with E-state index in [1.807, 2.05) is 0 Å². The molecule has 3 nitrogen and oxygen atoms in total. The summed E-state index contributed by atoms with van der Waals surface area (Å²) in [5.74, 6) is 0. The predicted molar refractivity (Wildman–Crippen MR) is 109 cm³/mol. The Bertz CT molecular complexity index is 231. The van der Waals surface area contributed by atoms with Gasteiger partial charge in [-0.3, -0.25) is 4.57 Å². The monoisotopic (exact) mass is 369 g/mol. The molecule has 0 bridgehead atoms. The Kier molecular flexibility index (Phi) is 21.2. The van der Waals surface area contributed by atoms with Gasteiger partial charge < -0.3 is 9.05 Å². The van der Waals surface area contributed by atoms with E-state index in [2.05, 4.69) is 36.7 Å². The summed E-state index contributed by atoms with van der Waals surface area (Å²) in [5, 5.41) is 0. The second-order valence-corrected chi connectivity index (χ2v) is 11.7. The third-order valence-corrected chi connectivity index (χ3v) is 10.3. The van der Waals surface area contributed by atoms with Crippen LogP contribution in [-0.4, -0.2) is 37.9 Å². The molecule has 142 valence electrons. The molecule has 0 aromatic carbocycles. The molecule has 0 saturated heterocycles. The third-order valence-electron chi connectivity index (χ3n) is 4.15. The molecular formula is C18H43O3P2+. The smallest absolute Gasteiger partial charge is 0.311 e. The lowest BCUT2D eigenvalue weighted by atomic mass is 10.4. The zero-order chi connectivity index (χ0) is 18.0. The van der Waals surface area contributed by atoms with E-state index in [-0.39, 0.29) is 0 Å². The van der Waals surface area contributed by atoms with Crippen LogP contribution in [0, 0.1) is 0 Å². The molecule has 0 atom stereocenters. The van der Waals surface area contributed by atoms with Gasteiger partial charge in [-0.1, -0.05) is 40.0 Å². The van der Waals surface area contributed by atoms with E-state index >= 15 is 0 Å². The van der Waals surface area contributed by atoms with Gasteiger partial charge in [-0.25, -0.2) is 0 Å². The Labute approximate surface area is 147 Å². The lowest BCUT2D eigenvalue weighted by Crippen LogP contribution is -2.11. The fraction of sp³-hybridized carbons (Fsp3) is 1.00. The molecule has 0 unspecified atom stereocenters. The average Bonchev–Trinajstić information content (AvgIpc) is 2.56. The highest BCUT2D eigenvalue weighted by molar-refractivity contribution is 7.75. The lowest BCUT2D eigenvalue weighted by molar-refractivity contribution is 0.243. The Balaban J connectivity index is 0. The van der Waals surface area contributed by atoms with Crippen molar-refractivity contribution in [2.75, 3.05) is 37.9 Å². The van der Waals surface area contributed by atoms with Gasteiger partial charge in [-0.2, -0.15) is 0 Å². The average molecular weight is 369 g/mol. The molecule has 0 fully saturated rings. The largest absolute Gasteiger partial charge is 0.319 e. The Morgan fingerprint density at radius 1 is 0.696 bits per heavy atom. The van der Waals surface area contributed by atoms with E-state index in [1.165, 1.54) is 44.7 Å². The molecule has 0 aliphatic heterocycles. The molecule has 0 amide bonds. The highest BCUT2D eigenvalue weighted by Gasteiger charge is 2.32. The van der Waals surface area contributed by atoms with Gasteiger partial charge in [-0.05, 0) is 40.0 Å². The minimum Gasteiger partial charge on any atom is -0.311 e. The van der Waals surface area contributed by atoms with Crippen LogP contribution in [0.1, 0.15) is 80.1 Å². The normalized spacial score (nSPS) is 11.4. The fourth-order valence-electron chi connectivity index (χ4n) is 2.57. The Morgan fingerprint density at radius 2 is 1.04 bits per heavy atom. The molecule has 0 spiro atoms. The lowest BCUT2D eigenvalue weighted by Gasteiger charge is -2.26. The first-order valence-electron chi connectivity index (χ1n) is 9.70. The van der Waals surface area contributed by atoms with Gasteiger partial charge in [0.05, 0.1) is 37.9 Å². The van der Waals surface area contributed by atoms with Crippen LogP contribution < -0.4 is 0 Å². The molecule has 0 rings (SSSR count). The van der Waals surface area contributed by atoms with E-state index in [4.69, 9.17) is 0 Å². The molecule has 0 saturated carbocycles. The number of hydrogen-bond donors (Lipinski definition) is 0. The molecule has 0 aliphatic carbocycles. The Morgan fingerprint density at radius 3 is 1.26 bits per heavy atom. The van der Waals surface area contributed by atoms with E-state index in [0.29, 0.717) is 13.2 Å². The summed E-state index contributed by atoms with van der Waals surface area (Å²) < 4.78 is 19.6. The second kappa shape index (κ2) is 18.9. The van der Waals surface area contributed by atoms with Gasteiger partial charge in [-0.15, -0.1) is 0 Å². The zero-order valence-corrected chi connectivity index (χ0v) is 18.6. The van der Waals surface area contributed by atoms with Gasteiger partial charge in [0.1, 0.15) is 0 Å². The van der Waals surface area contributed by atoms with E-state index < -0.39 is 15.5 Å². The molecule has 0 aromatic rings. The van der Waals surface area contributed by atoms with Crippen LogP contribution in [0.15, 0.2) is 0 Å². The van der Waals surface area contributed by atoms with Gasteiger partial charge in [0, 0.05) is 7.26 Å². The topological polar surface area (TPSA) is 35.5 Å². The first kappa shape index (κ1) is 25.8. The van der Waals surface area contributed by atoms with Crippen LogP contribution in [-0.2, 0) is 13.6 Å². The van der Waals surface area contributed by atoms with Crippen LogP contribution in [0.25, 0.3) is 0 Å².